The third-order valence-corrected chi connectivity index (χ3v) is 1.74. The van der Waals surface area contributed by atoms with Crippen molar-refractivity contribution in [1.82, 2.24) is 10.6 Å². The lowest BCUT2D eigenvalue weighted by Crippen LogP contribution is -2.32. The number of carbonyl (C=O) groups is 1. The molecule has 0 fully saturated rings. The molecule has 0 unspecified atom stereocenters. The van der Waals surface area contributed by atoms with Crippen molar-refractivity contribution in [2.24, 2.45) is 5.92 Å². The van der Waals surface area contributed by atoms with Gasteiger partial charge in [0.05, 0.1) is 6.61 Å². The van der Waals surface area contributed by atoms with Crippen LogP contribution in [0.25, 0.3) is 0 Å². The average molecular weight is 216 g/mol. The highest BCUT2D eigenvalue weighted by Crippen LogP contribution is 1.86. The number of nitrogens with one attached hydrogen (secondary N) is 2. The summed E-state index contributed by atoms with van der Waals surface area (Å²) in [7, 11) is 0. The summed E-state index contributed by atoms with van der Waals surface area (Å²) in [4.78, 5) is 11.2. The van der Waals surface area contributed by atoms with Crippen molar-refractivity contribution in [3.05, 3.63) is 0 Å². The topological polar surface area (TPSA) is 50.4 Å². The maximum Gasteiger partial charge on any atom is 0.246 e. The molecule has 1 amide bonds. The van der Waals surface area contributed by atoms with Crippen molar-refractivity contribution in [2.75, 3.05) is 26.3 Å². The number of carbonyl (C=O) groups excluding carboxylic acids is 1. The Kier molecular flexibility index (Phi) is 8.33. The Balaban J connectivity index is 3.24. The molecule has 4 nitrogen and oxygen atoms in total. The minimum Gasteiger partial charge on any atom is -0.370 e. The first kappa shape index (κ1) is 14.4. The lowest BCUT2D eigenvalue weighted by molar-refractivity contribution is -0.125. The molecule has 0 aromatic carbocycles. The Labute approximate surface area is 92.8 Å². The van der Waals surface area contributed by atoms with E-state index < -0.39 is 0 Å². The highest BCUT2D eigenvalue weighted by atomic mass is 16.5. The van der Waals surface area contributed by atoms with E-state index in [4.69, 9.17) is 4.74 Å². The van der Waals surface area contributed by atoms with Crippen LogP contribution < -0.4 is 10.6 Å². The van der Waals surface area contributed by atoms with E-state index in [1.165, 1.54) is 0 Å². The Morgan fingerprint density at radius 1 is 1.27 bits per heavy atom. The zero-order valence-corrected chi connectivity index (χ0v) is 10.3. The van der Waals surface area contributed by atoms with Gasteiger partial charge in [-0.05, 0) is 5.92 Å². The predicted octanol–water partition coefficient (Wildman–Crippen LogP) is 0.773. The summed E-state index contributed by atoms with van der Waals surface area (Å²) in [6.45, 7) is 10.5. The first-order chi connectivity index (χ1) is 7.02. The van der Waals surface area contributed by atoms with Gasteiger partial charge in [-0.3, -0.25) is 4.79 Å². The minimum absolute atomic E-state index is 0.0340. The standard InChI is InChI=1S/C11H24N2O2/c1-9(2)7-13-11(14)8-15-6-5-12-10(3)4/h9-10,12H,5-8H2,1-4H3,(H,13,14). The predicted molar refractivity (Wildman–Crippen MR) is 61.8 cm³/mol. The van der Waals surface area contributed by atoms with Crippen molar-refractivity contribution in [3.8, 4) is 0 Å². The summed E-state index contributed by atoms with van der Waals surface area (Å²) in [6.07, 6.45) is 0. The van der Waals surface area contributed by atoms with Crippen molar-refractivity contribution >= 4 is 5.91 Å². The second-order valence-corrected chi connectivity index (χ2v) is 4.36. The van der Waals surface area contributed by atoms with Crippen LogP contribution in [0.2, 0.25) is 0 Å². The van der Waals surface area contributed by atoms with Crippen LogP contribution in [0.1, 0.15) is 27.7 Å². The first-order valence-electron chi connectivity index (χ1n) is 5.60. The molecule has 0 aliphatic heterocycles. The summed E-state index contributed by atoms with van der Waals surface area (Å²) >= 11 is 0. The molecule has 0 aliphatic carbocycles. The SMILES string of the molecule is CC(C)CNC(=O)COCCNC(C)C. The van der Waals surface area contributed by atoms with Crippen LogP contribution in [0.15, 0.2) is 0 Å². The molecule has 0 rings (SSSR count). The quantitative estimate of drug-likeness (QED) is 0.589. The van der Waals surface area contributed by atoms with Crippen LogP contribution in [-0.4, -0.2) is 38.3 Å². The van der Waals surface area contributed by atoms with E-state index in [-0.39, 0.29) is 12.5 Å². The minimum atomic E-state index is -0.0340. The van der Waals surface area contributed by atoms with Crippen LogP contribution in [0, 0.1) is 5.92 Å². The fourth-order valence-electron chi connectivity index (χ4n) is 0.954. The smallest absolute Gasteiger partial charge is 0.246 e. The van der Waals surface area contributed by atoms with Crippen molar-refractivity contribution in [1.29, 1.82) is 0 Å². The molecule has 90 valence electrons. The molecule has 0 aromatic rings. The summed E-state index contributed by atoms with van der Waals surface area (Å²) in [6, 6.07) is 0.461. The van der Waals surface area contributed by atoms with Gasteiger partial charge in [-0.15, -0.1) is 0 Å². The molecule has 4 heteroatoms. The summed E-state index contributed by atoms with van der Waals surface area (Å²) in [5, 5.41) is 6.01. The normalized spacial score (nSPS) is 11.1. The van der Waals surface area contributed by atoms with Gasteiger partial charge in [-0.2, -0.15) is 0 Å². The maximum atomic E-state index is 11.2. The number of amides is 1. The van der Waals surface area contributed by atoms with Crippen molar-refractivity contribution in [3.63, 3.8) is 0 Å². The molecule has 0 bridgehead atoms. The molecule has 0 saturated heterocycles. The lowest BCUT2D eigenvalue weighted by Gasteiger charge is -2.09. The van der Waals surface area contributed by atoms with Crippen LogP contribution in [-0.2, 0) is 9.53 Å². The van der Waals surface area contributed by atoms with Crippen molar-refractivity contribution in [2.45, 2.75) is 33.7 Å². The number of rotatable bonds is 8. The fourth-order valence-corrected chi connectivity index (χ4v) is 0.954. The third-order valence-electron chi connectivity index (χ3n) is 1.74. The molecule has 0 heterocycles. The monoisotopic (exact) mass is 216 g/mol. The van der Waals surface area contributed by atoms with Gasteiger partial charge in [0.1, 0.15) is 6.61 Å². The number of hydrogen-bond donors (Lipinski definition) is 2. The van der Waals surface area contributed by atoms with E-state index in [1.807, 2.05) is 0 Å². The van der Waals surface area contributed by atoms with Gasteiger partial charge in [0.25, 0.3) is 0 Å². The molecular weight excluding hydrogens is 192 g/mol. The second-order valence-electron chi connectivity index (χ2n) is 4.36. The first-order valence-corrected chi connectivity index (χ1v) is 5.60. The Morgan fingerprint density at radius 2 is 1.93 bits per heavy atom. The van der Waals surface area contributed by atoms with Gasteiger partial charge in [0.2, 0.25) is 5.91 Å². The molecule has 15 heavy (non-hydrogen) atoms. The molecule has 0 spiro atoms. The zero-order valence-electron chi connectivity index (χ0n) is 10.3. The Bertz CT molecular complexity index is 170. The molecule has 0 saturated carbocycles. The van der Waals surface area contributed by atoms with E-state index in [1.54, 1.807) is 0 Å². The summed E-state index contributed by atoms with van der Waals surface area (Å²) < 4.78 is 5.20. The molecule has 0 radical (unpaired) electrons. The summed E-state index contributed by atoms with van der Waals surface area (Å²) in [5.74, 6) is 0.449. The van der Waals surface area contributed by atoms with Gasteiger partial charge in [-0.25, -0.2) is 0 Å². The molecule has 2 N–H and O–H groups in total. The summed E-state index contributed by atoms with van der Waals surface area (Å²) in [5.41, 5.74) is 0. The Hall–Kier alpha value is -0.610. The van der Waals surface area contributed by atoms with Gasteiger partial charge in [0.15, 0.2) is 0 Å². The highest BCUT2D eigenvalue weighted by Gasteiger charge is 2.01. The third kappa shape index (κ3) is 11.3. The van der Waals surface area contributed by atoms with E-state index >= 15 is 0 Å². The zero-order chi connectivity index (χ0) is 11.7. The van der Waals surface area contributed by atoms with Crippen molar-refractivity contribution < 1.29 is 9.53 Å². The van der Waals surface area contributed by atoms with Crippen LogP contribution in [0.5, 0.6) is 0 Å². The molecule has 0 atom stereocenters. The van der Waals surface area contributed by atoms with Gasteiger partial charge < -0.3 is 15.4 Å². The molecule has 0 aromatic heterocycles. The fraction of sp³-hybridized carbons (Fsp3) is 0.909. The van der Waals surface area contributed by atoms with E-state index in [2.05, 4.69) is 38.3 Å². The highest BCUT2D eigenvalue weighted by molar-refractivity contribution is 5.77. The molecular formula is C11H24N2O2. The van der Waals surface area contributed by atoms with E-state index in [0.717, 1.165) is 6.54 Å². The maximum absolute atomic E-state index is 11.2. The average Bonchev–Trinajstić information content (AvgIpc) is 2.13. The number of ether oxygens (including phenoxy) is 1. The van der Waals surface area contributed by atoms with Gasteiger partial charge in [-0.1, -0.05) is 27.7 Å². The second kappa shape index (κ2) is 8.68. The van der Waals surface area contributed by atoms with E-state index in [9.17, 15) is 4.79 Å². The van der Waals surface area contributed by atoms with Gasteiger partial charge in [0, 0.05) is 19.1 Å². The van der Waals surface area contributed by atoms with E-state index in [0.29, 0.717) is 25.1 Å². The largest absolute Gasteiger partial charge is 0.370 e. The van der Waals surface area contributed by atoms with Gasteiger partial charge >= 0.3 is 0 Å². The lowest BCUT2D eigenvalue weighted by atomic mass is 10.2. The Morgan fingerprint density at radius 3 is 2.47 bits per heavy atom. The van der Waals surface area contributed by atoms with Crippen LogP contribution in [0.4, 0.5) is 0 Å². The molecule has 0 aliphatic rings. The van der Waals surface area contributed by atoms with Crippen LogP contribution in [0.3, 0.4) is 0 Å². The van der Waals surface area contributed by atoms with Crippen LogP contribution >= 0.6 is 0 Å². The number of hydrogen-bond acceptors (Lipinski definition) is 3.